The number of piperidine rings is 1. The molecular formula is C18H27FN2O2. The SMILES string of the molecule is CC(NC(=O)C(C)N1CCCC(C(C)O)C1)c1ccc(F)cc1. The van der Waals surface area contributed by atoms with E-state index in [9.17, 15) is 14.3 Å². The van der Waals surface area contributed by atoms with Gasteiger partial charge in [-0.2, -0.15) is 0 Å². The predicted octanol–water partition coefficient (Wildman–Crippen LogP) is 2.48. The Morgan fingerprint density at radius 1 is 1.30 bits per heavy atom. The maximum absolute atomic E-state index is 13.0. The number of halogens is 1. The van der Waals surface area contributed by atoms with Crippen molar-refractivity contribution in [1.82, 2.24) is 10.2 Å². The summed E-state index contributed by atoms with van der Waals surface area (Å²) in [6.07, 6.45) is 1.67. The Morgan fingerprint density at radius 3 is 2.57 bits per heavy atom. The van der Waals surface area contributed by atoms with E-state index in [1.165, 1.54) is 12.1 Å². The van der Waals surface area contributed by atoms with Gasteiger partial charge in [-0.1, -0.05) is 12.1 Å². The summed E-state index contributed by atoms with van der Waals surface area (Å²) < 4.78 is 13.0. The van der Waals surface area contributed by atoms with Crippen molar-refractivity contribution in [3.05, 3.63) is 35.6 Å². The van der Waals surface area contributed by atoms with Gasteiger partial charge in [0.1, 0.15) is 5.82 Å². The van der Waals surface area contributed by atoms with Crippen molar-refractivity contribution in [2.24, 2.45) is 5.92 Å². The van der Waals surface area contributed by atoms with Gasteiger partial charge in [-0.15, -0.1) is 0 Å². The lowest BCUT2D eigenvalue weighted by Crippen LogP contribution is -2.50. The molecule has 4 unspecified atom stereocenters. The number of benzene rings is 1. The number of nitrogens with one attached hydrogen (secondary N) is 1. The van der Waals surface area contributed by atoms with Crippen molar-refractivity contribution in [2.75, 3.05) is 13.1 Å². The fourth-order valence-corrected chi connectivity index (χ4v) is 3.12. The first-order valence-electron chi connectivity index (χ1n) is 8.36. The maximum Gasteiger partial charge on any atom is 0.237 e. The van der Waals surface area contributed by atoms with Gasteiger partial charge in [0.05, 0.1) is 18.2 Å². The van der Waals surface area contributed by atoms with Crippen LogP contribution in [-0.4, -0.2) is 41.1 Å². The number of likely N-dealkylation sites (tertiary alicyclic amines) is 1. The molecule has 1 amide bonds. The Balaban J connectivity index is 1.92. The van der Waals surface area contributed by atoms with Crippen molar-refractivity contribution < 1.29 is 14.3 Å². The third-order valence-electron chi connectivity index (χ3n) is 4.83. The highest BCUT2D eigenvalue weighted by molar-refractivity contribution is 5.81. The van der Waals surface area contributed by atoms with Crippen LogP contribution in [0.4, 0.5) is 4.39 Å². The van der Waals surface area contributed by atoms with E-state index >= 15 is 0 Å². The van der Waals surface area contributed by atoms with Crippen LogP contribution < -0.4 is 5.32 Å². The van der Waals surface area contributed by atoms with E-state index in [0.717, 1.165) is 31.5 Å². The van der Waals surface area contributed by atoms with Gasteiger partial charge in [0.2, 0.25) is 5.91 Å². The molecule has 1 heterocycles. The lowest BCUT2D eigenvalue weighted by Gasteiger charge is -2.37. The van der Waals surface area contributed by atoms with Crippen LogP contribution in [0.15, 0.2) is 24.3 Å². The van der Waals surface area contributed by atoms with E-state index < -0.39 is 0 Å². The molecule has 5 heteroatoms. The zero-order chi connectivity index (χ0) is 17.0. The Morgan fingerprint density at radius 2 is 1.96 bits per heavy atom. The fraction of sp³-hybridized carbons (Fsp3) is 0.611. The van der Waals surface area contributed by atoms with Gasteiger partial charge in [-0.3, -0.25) is 9.69 Å². The maximum atomic E-state index is 13.0. The van der Waals surface area contributed by atoms with Gasteiger partial charge in [0.15, 0.2) is 0 Å². The molecule has 1 aliphatic rings. The third-order valence-corrected chi connectivity index (χ3v) is 4.83. The average Bonchev–Trinajstić information content (AvgIpc) is 2.54. The predicted molar refractivity (Wildman–Crippen MR) is 88.4 cm³/mol. The van der Waals surface area contributed by atoms with Crippen molar-refractivity contribution in [3.63, 3.8) is 0 Å². The molecule has 2 N–H and O–H groups in total. The highest BCUT2D eigenvalue weighted by atomic mass is 19.1. The van der Waals surface area contributed by atoms with Crippen LogP contribution in [0.3, 0.4) is 0 Å². The fourth-order valence-electron chi connectivity index (χ4n) is 3.12. The molecule has 1 fully saturated rings. The summed E-state index contributed by atoms with van der Waals surface area (Å²) in [5.41, 5.74) is 0.882. The lowest BCUT2D eigenvalue weighted by atomic mass is 9.92. The second-order valence-electron chi connectivity index (χ2n) is 6.60. The molecule has 1 aromatic rings. The molecule has 0 aromatic heterocycles. The molecule has 0 bridgehead atoms. The van der Waals surface area contributed by atoms with Gasteiger partial charge < -0.3 is 10.4 Å². The number of nitrogens with zero attached hydrogens (tertiary/aromatic N) is 1. The van der Waals surface area contributed by atoms with E-state index in [4.69, 9.17) is 0 Å². The van der Waals surface area contributed by atoms with E-state index in [1.54, 1.807) is 12.1 Å². The summed E-state index contributed by atoms with van der Waals surface area (Å²) in [6, 6.07) is 5.78. The first-order valence-corrected chi connectivity index (χ1v) is 8.36. The molecule has 23 heavy (non-hydrogen) atoms. The summed E-state index contributed by atoms with van der Waals surface area (Å²) in [6.45, 7) is 7.24. The molecule has 1 saturated heterocycles. The second kappa shape index (κ2) is 7.88. The largest absolute Gasteiger partial charge is 0.393 e. The summed E-state index contributed by atoms with van der Waals surface area (Å²) >= 11 is 0. The number of carbonyl (C=O) groups is 1. The third kappa shape index (κ3) is 4.75. The zero-order valence-corrected chi connectivity index (χ0v) is 14.1. The monoisotopic (exact) mass is 322 g/mol. The number of carbonyl (C=O) groups excluding carboxylic acids is 1. The highest BCUT2D eigenvalue weighted by Gasteiger charge is 2.29. The van der Waals surface area contributed by atoms with Crippen molar-refractivity contribution >= 4 is 5.91 Å². The van der Waals surface area contributed by atoms with Crippen LogP contribution >= 0.6 is 0 Å². The number of hydrogen-bond acceptors (Lipinski definition) is 3. The van der Waals surface area contributed by atoms with Gasteiger partial charge in [-0.25, -0.2) is 4.39 Å². The topological polar surface area (TPSA) is 52.6 Å². The van der Waals surface area contributed by atoms with Crippen LogP contribution in [0.25, 0.3) is 0 Å². The second-order valence-corrected chi connectivity index (χ2v) is 6.60. The Hall–Kier alpha value is -1.46. The van der Waals surface area contributed by atoms with Crippen LogP contribution in [0, 0.1) is 11.7 Å². The molecule has 4 atom stereocenters. The number of aliphatic hydroxyl groups is 1. The molecular weight excluding hydrogens is 295 g/mol. The summed E-state index contributed by atoms with van der Waals surface area (Å²) in [5.74, 6) is -0.0836. The molecule has 4 nitrogen and oxygen atoms in total. The molecule has 128 valence electrons. The minimum absolute atomic E-state index is 0.0342. The quantitative estimate of drug-likeness (QED) is 0.876. The van der Waals surface area contributed by atoms with Gasteiger partial charge in [0.25, 0.3) is 0 Å². The summed E-state index contributed by atoms with van der Waals surface area (Å²) in [4.78, 5) is 14.6. The van der Waals surface area contributed by atoms with Crippen molar-refractivity contribution in [1.29, 1.82) is 0 Å². The Bertz CT molecular complexity index is 518. The van der Waals surface area contributed by atoms with Crippen LogP contribution in [0.1, 0.15) is 45.2 Å². The number of rotatable bonds is 5. The molecule has 2 rings (SSSR count). The number of amides is 1. The number of aliphatic hydroxyl groups excluding tert-OH is 1. The minimum Gasteiger partial charge on any atom is -0.393 e. The van der Waals surface area contributed by atoms with Gasteiger partial charge in [0, 0.05) is 6.54 Å². The average molecular weight is 322 g/mol. The van der Waals surface area contributed by atoms with E-state index in [2.05, 4.69) is 10.2 Å². The Labute approximate surface area is 137 Å². The first-order chi connectivity index (χ1) is 10.9. The van der Waals surface area contributed by atoms with Gasteiger partial charge >= 0.3 is 0 Å². The van der Waals surface area contributed by atoms with Crippen LogP contribution in [0.2, 0.25) is 0 Å². The van der Waals surface area contributed by atoms with E-state index in [1.807, 2.05) is 20.8 Å². The standard InChI is InChI=1S/C18H27FN2O2/c1-12(15-6-8-17(19)9-7-15)20-18(23)13(2)21-10-4-5-16(11-21)14(3)22/h6-9,12-14,16,22H,4-5,10-11H2,1-3H3,(H,20,23). The van der Waals surface area contributed by atoms with Crippen molar-refractivity contribution in [2.45, 2.75) is 51.8 Å². The normalized spacial score (nSPS) is 23.1. The summed E-state index contributed by atoms with van der Waals surface area (Å²) in [7, 11) is 0. The van der Waals surface area contributed by atoms with E-state index in [0.29, 0.717) is 0 Å². The zero-order valence-electron chi connectivity index (χ0n) is 14.1. The minimum atomic E-state index is -0.341. The molecule has 1 aromatic carbocycles. The van der Waals surface area contributed by atoms with Crippen LogP contribution in [0.5, 0.6) is 0 Å². The molecule has 0 spiro atoms. The van der Waals surface area contributed by atoms with Gasteiger partial charge in [-0.05, 0) is 63.8 Å². The van der Waals surface area contributed by atoms with Crippen LogP contribution in [-0.2, 0) is 4.79 Å². The molecule has 0 radical (unpaired) electrons. The van der Waals surface area contributed by atoms with E-state index in [-0.39, 0.29) is 35.8 Å². The summed E-state index contributed by atoms with van der Waals surface area (Å²) in [5, 5.41) is 12.8. The number of hydrogen-bond donors (Lipinski definition) is 2. The Kier molecular flexibility index (Phi) is 6.13. The smallest absolute Gasteiger partial charge is 0.237 e. The molecule has 1 aliphatic heterocycles. The molecule has 0 aliphatic carbocycles. The van der Waals surface area contributed by atoms with Crippen molar-refractivity contribution in [3.8, 4) is 0 Å². The highest BCUT2D eigenvalue weighted by Crippen LogP contribution is 2.22. The first kappa shape index (κ1) is 17.9. The lowest BCUT2D eigenvalue weighted by molar-refractivity contribution is -0.127. The molecule has 0 saturated carbocycles.